The van der Waals surface area contributed by atoms with Crippen LogP contribution in [0.4, 0.5) is 0 Å². The average Bonchev–Trinajstić information content (AvgIpc) is 2.86. The Hall–Kier alpha value is -3.42. The summed E-state index contributed by atoms with van der Waals surface area (Å²) in [6.45, 7) is 0. The summed E-state index contributed by atoms with van der Waals surface area (Å²) in [6, 6.07) is 12.1. The molecule has 1 aliphatic carbocycles. The van der Waals surface area contributed by atoms with Gasteiger partial charge >= 0.3 is 0 Å². The van der Waals surface area contributed by atoms with Crippen molar-refractivity contribution < 1.29 is 0 Å². The summed E-state index contributed by atoms with van der Waals surface area (Å²) in [7, 11) is 0. The molecule has 0 atom stereocenters. The SMILES string of the molecule is NC(N)=N/N=C1/C/C(=N/N=C(N)N)c2cc3ccccc3cc21. The molecule has 2 aromatic rings. The Kier molecular flexibility index (Phi) is 3.63. The summed E-state index contributed by atoms with van der Waals surface area (Å²) in [5, 5.41) is 17.9. The predicted octanol–water partition coefficient (Wildman–Crippen LogP) is 0.199. The highest BCUT2D eigenvalue weighted by Gasteiger charge is 2.25. The molecule has 0 aromatic heterocycles. The van der Waals surface area contributed by atoms with E-state index in [1.807, 2.05) is 36.4 Å². The highest BCUT2D eigenvalue weighted by atomic mass is 15.3. The van der Waals surface area contributed by atoms with Crippen LogP contribution in [0.15, 0.2) is 56.8 Å². The first-order valence-corrected chi connectivity index (χ1v) is 6.89. The Morgan fingerprint density at radius 3 is 1.57 bits per heavy atom. The van der Waals surface area contributed by atoms with Gasteiger partial charge in [0.25, 0.3) is 0 Å². The Morgan fingerprint density at radius 2 is 1.17 bits per heavy atom. The van der Waals surface area contributed by atoms with Gasteiger partial charge in [0.15, 0.2) is 0 Å². The summed E-state index contributed by atoms with van der Waals surface area (Å²) in [5.41, 5.74) is 24.7. The zero-order chi connectivity index (χ0) is 16.4. The number of fused-ring (bicyclic) bond motifs is 2. The van der Waals surface area contributed by atoms with Gasteiger partial charge in [-0.3, -0.25) is 0 Å². The first-order valence-electron chi connectivity index (χ1n) is 6.89. The summed E-state index contributed by atoms with van der Waals surface area (Å²) in [5.74, 6) is -0.205. The molecule has 2 aromatic carbocycles. The molecule has 8 N–H and O–H groups in total. The summed E-state index contributed by atoms with van der Waals surface area (Å²) in [6.07, 6.45) is 0.444. The van der Waals surface area contributed by atoms with Crippen molar-refractivity contribution in [3.8, 4) is 0 Å². The van der Waals surface area contributed by atoms with Crippen LogP contribution >= 0.6 is 0 Å². The number of guanidine groups is 2. The van der Waals surface area contributed by atoms with Crippen molar-refractivity contribution in [3.05, 3.63) is 47.5 Å². The number of nitrogens with two attached hydrogens (primary N) is 4. The number of hydrogen-bond donors (Lipinski definition) is 4. The zero-order valence-electron chi connectivity index (χ0n) is 12.3. The highest BCUT2D eigenvalue weighted by Crippen LogP contribution is 2.28. The van der Waals surface area contributed by atoms with E-state index in [0.717, 1.165) is 21.9 Å². The second-order valence-corrected chi connectivity index (χ2v) is 5.06. The lowest BCUT2D eigenvalue weighted by molar-refractivity contribution is 1.18. The fraction of sp³-hybridized carbons (Fsp3) is 0.0667. The predicted molar refractivity (Wildman–Crippen MR) is 93.3 cm³/mol. The van der Waals surface area contributed by atoms with Gasteiger partial charge in [-0.1, -0.05) is 24.3 Å². The molecule has 0 unspecified atom stereocenters. The van der Waals surface area contributed by atoms with Gasteiger partial charge in [-0.15, -0.1) is 10.2 Å². The van der Waals surface area contributed by atoms with Crippen LogP contribution in [0, 0.1) is 0 Å². The minimum absolute atomic E-state index is 0.102. The maximum atomic E-state index is 5.35. The quantitative estimate of drug-likeness (QED) is 0.355. The van der Waals surface area contributed by atoms with E-state index >= 15 is 0 Å². The van der Waals surface area contributed by atoms with Gasteiger partial charge in [-0.05, 0) is 22.9 Å². The molecule has 8 nitrogen and oxygen atoms in total. The maximum Gasteiger partial charge on any atom is 0.211 e. The molecule has 0 spiro atoms. The minimum atomic E-state index is -0.102. The minimum Gasteiger partial charge on any atom is -0.369 e. The van der Waals surface area contributed by atoms with Crippen LogP contribution in [0.2, 0.25) is 0 Å². The van der Waals surface area contributed by atoms with Gasteiger partial charge in [0.05, 0.1) is 11.4 Å². The van der Waals surface area contributed by atoms with E-state index in [2.05, 4.69) is 20.4 Å². The van der Waals surface area contributed by atoms with Crippen molar-refractivity contribution in [3.63, 3.8) is 0 Å². The van der Waals surface area contributed by atoms with Gasteiger partial charge in [-0.2, -0.15) is 10.2 Å². The van der Waals surface area contributed by atoms with E-state index in [4.69, 9.17) is 22.9 Å². The maximum absolute atomic E-state index is 5.35. The van der Waals surface area contributed by atoms with Crippen molar-refractivity contribution >= 4 is 34.1 Å². The molecule has 0 amide bonds. The molecule has 0 bridgehead atoms. The molecule has 0 fully saturated rings. The van der Waals surface area contributed by atoms with Gasteiger partial charge in [0.1, 0.15) is 0 Å². The third-order valence-electron chi connectivity index (χ3n) is 3.41. The Morgan fingerprint density at radius 1 is 0.739 bits per heavy atom. The molecule has 0 heterocycles. The lowest BCUT2D eigenvalue weighted by Crippen LogP contribution is -2.22. The van der Waals surface area contributed by atoms with E-state index in [1.165, 1.54) is 0 Å². The highest BCUT2D eigenvalue weighted by molar-refractivity contribution is 6.29. The van der Waals surface area contributed by atoms with Gasteiger partial charge < -0.3 is 22.9 Å². The van der Waals surface area contributed by atoms with Crippen molar-refractivity contribution in [2.24, 2.45) is 43.3 Å². The normalized spacial score (nSPS) is 16.5. The molecule has 0 saturated carbocycles. The van der Waals surface area contributed by atoms with Crippen LogP contribution in [0.1, 0.15) is 17.5 Å². The van der Waals surface area contributed by atoms with E-state index < -0.39 is 0 Å². The van der Waals surface area contributed by atoms with Crippen LogP contribution in [-0.2, 0) is 0 Å². The van der Waals surface area contributed by atoms with E-state index in [0.29, 0.717) is 17.8 Å². The molecule has 3 rings (SSSR count). The standard InChI is InChI=1S/C15H16N8/c16-14(17)22-20-12-7-13(21-23-15(18)19)11-6-9-4-2-1-3-8(9)5-10(11)12/h1-6H,7H2,(H4,16,17,22)(H4,18,19,23)/b20-12-,21-13-. The third kappa shape index (κ3) is 2.95. The number of hydrogen-bond acceptors (Lipinski definition) is 4. The van der Waals surface area contributed by atoms with Crippen LogP contribution < -0.4 is 22.9 Å². The van der Waals surface area contributed by atoms with Crippen LogP contribution in [-0.4, -0.2) is 23.3 Å². The van der Waals surface area contributed by atoms with Crippen LogP contribution in [0.5, 0.6) is 0 Å². The van der Waals surface area contributed by atoms with Gasteiger partial charge in [-0.25, -0.2) is 0 Å². The zero-order valence-corrected chi connectivity index (χ0v) is 12.3. The Balaban J connectivity index is 2.20. The lowest BCUT2D eigenvalue weighted by Gasteiger charge is -2.03. The number of nitrogens with zero attached hydrogens (tertiary/aromatic N) is 4. The molecule has 0 saturated heterocycles. The van der Waals surface area contributed by atoms with E-state index in [-0.39, 0.29) is 11.9 Å². The third-order valence-corrected chi connectivity index (χ3v) is 3.41. The molecular weight excluding hydrogens is 292 g/mol. The topological polar surface area (TPSA) is 154 Å². The fourth-order valence-corrected chi connectivity index (χ4v) is 2.48. The van der Waals surface area contributed by atoms with Crippen molar-refractivity contribution in [2.45, 2.75) is 6.42 Å². The van der Waals surface area contributed by atoms with Gasteiger partial charge in [0, 0.05) is 17.5 Å². The molecular formula is C15H16N8. The summed E-state index contributed by atoms with van der Waals surface area (Å²) < 4.78 is 0. The Bertz CT molecular complexity index is 811. The Labute approximate surface area is 132 Å². The smallest absolute Gasteiger partial charge is 0.211 e. The molecule has 0 aliphatic heterocycles. The van der Waals surface area contributed by atoms with Crippen molar-refractivity contribution in [1.29, 1.82) is 0 Å². The number of benzene rings is 2. The lowest BCUT2D eigenvalue weighted by atomic mass is 10.0. The van der Waals surface area contributed by atoms with Gasteiger partial charge in [0.2, 0.25) is 11.9 Å². The van der Waals surface area contributed by atoms with E-state index in [9.17, 15) is 0 Å². The largest absolute Gasteiger partial charge is 0.369 e. The van der Waals surface area contributed by atoms with Crippen molar-refractivity contribution in [1.82, 2.24) is 0 Å². The summed E-state index contributed by atoms with van der Waals surface area (Å²) in [4.78, 5) is 0. The monoisotopic (exact) mass is 308 g/mol. The number of rotatable bonds is 2. The molecule has 1 aliphatic rings. The second kappa shape index (κ2) is 5.76. The molecule has 8 heteroatoms. The van der Waals surface area contributed by atoms with Crippen LogP contribution in [0.3, 0.4) is 0 Å². The molecule has 0 radical (unpaired) electrons. The molecule has 116 valence electrons. The molecule has 23 heavy (non-hydrogen) atoms. The van der Waals surface area contributed by atoms with Crippen molar-refractivity contribution in [2.75, 3.05) is 0 Å². The first-order chi connectivity index (χ1) is 11.0. The van der Waals surface area contributed by atoms with E-state index in [1.54, 1.807) is 0 Å². The van der Waals surface area contributed by atoms with Crippen LogP contribution in [0.25, 0.3) is 10.8 Å². The summed E-state index contributed by atoms with van der Waals surface area (Å²) >= 11 is 0. The second-order valence-electron chi connectivity index (χ2n) is 5.06. The fourth-order valence-electron chi connectivity index (χ4n) is 2.48. The average molecular weight is 308 g/mol. The first kappa shape index (κ1) is 14.5.